The summed E-state index contributed by atoms with van der Waals surface area (Å²) in [5.41, 5.74) is -0.251. The van der Waals surface area contributed by atoms with E-state index in [-0.39, 0.29) is 16.6 Å². The fraction of sp³-hybridized carbons (Fsp3) is 0.500. The highest BCUT2D eigenvalue weighted by molar-refractivity contribution is 7.89. The molecule has 0 aliphatic rings. The lowest BCUT2D eigenvalue weighted by atomic mass is 10.2. The highest BCUT2D eigenvalue weighted by Gasteiger charge is 2.33. The van der Waals surface area contributed by atoms with Crippen molar-refractivity contribution in [3.63, 3.8) is 0 Å². The van der Waals surface area contributed by atoms with Gasteiger partial charge >= 0.3 is 5.69 Å². The molecule has 8 heteroatoms. The average Bonchev–Trinajstić information content (AvgIpc) is 2.44. The van der Waals surface area contributed by atoms with Crippen molar-refractivity contribution in [2.24, 2.45) is 0 Å². The fourth-order valence-electron chi connectivity index (χ4n) is 1.77. The summed E-state index contributed by atoms with van der Waals surface area (Å²) in [6.45, 7) is 3.61. The van der Waals surface area contributed by atoms with Crippen LogP contribution in [0.5, 0.6) is 0 Å². The van der Waals surface area contributed by atoms with Crippen LogP contribution in [0.25, 0.3) is 0 Å². The fourth-order valence-corrected chi connectivity index (χ4v) is 3.38. The minimum absolute atomic E-state index is 0.175. The monoisotopic (exact) mass is 301 g/mol. The Hall–Kier alpha value is -1.67. The van der Waals surface area contributed by atoms with Gasteiger partial charge in [0.15, 0.2) is 4.90 Å². The highest BCUT2D eigenvalue weighted by atomic mass is 32.2. The maximum absolute atomic E-state index is 12.5. The third kappa shape index (κ3) is 2.91. The number of para-hydroxylation sites is 1. The Morgan fingerprint density at radius 2 is 2.05 bits per heavy atom. The molecular weight excluding hydrogens is 282 g/mol. The summed E-state index contributed by atoms with van der Waals surface area (Å²) in [6, 6.07) is 3.97. The maximum atomic E-state index is 12.5. The van der Waals surface area contributed by atoms with Gasteiger partial charge in [-0.15, -0.1) is 0 Å². The van der Waals surface area contributed by atoms with Crippen molar-refractivity contribution >= 4 is 21.4 Å². The van der Waals surface area contributed by atoms with Gasteiger partial charge in [0.2, 0.25) is 10.0 Å². The molecule has 1 N–H and O–H groups in total. The molecule has 1 unspecified atom stereocenters. The summed E-state index contributed by atoms with van der Waals surface area (Å²) in [7, 11) is -0.966. The summed E-state index contributed by atoms with van der Waals surface area (Å²) in [6.07, 6.45) is 0.620. The van der Waals surface area contributed by atoms with E-state index in [2.05, 4.69) is 5.32 Å². The molecule has 0 saturated carbocycles. The average molecular weight is 301 g/mol. The second kappa shape index (κ2) is 6.19. The van der Waals surface area contributed by atoms with Crippen molar-refractivity contribution < 1.29 is 13.3 Å². The van der Waals surface area contributed by atoms with Gasteiger partial charge in [0.05, 0.1) is 4.92 Å². The number of hydrogen-bond acceptors (Lipinski definition) is 5. The molecule has 0 bridgehead atoms. The van der Waals surface area contributed by atoms with Crippen LogP contribution in [0.4, 0.5) is 11.4 Å². The summed E-state index contributed by atoms with van der Waals surface area (Å²) < 4.78 is 26.2. The zero-order chi connectivity index (χ0) is 15.5. The van der Waals surface area contributed by atoms with Crippen LogP contribution in [0.2, 0.25) is 0 Å². The van der Waals surface area contributed by atoms with Crippen LogP contribution in [0.3, 0.4) is 0 Å². The first kappa shape index (κ1) is 16.4. The number of nitro benzene ring substituents is 1. The van der Waals surface area contributed by atoms with Gasteiger partial charge in [-0.3, -0.25) is 10.1 Å². The molecule has 0 amide bonds. The lowest BCUT2D eigenvalue weighted by Gasteiger charge is -2.23. The van der Waals surface area contributed by atoms with Crippen LogP contribution in [0.1, 0.15) is 20.3 Å². The molecule has 0 aromatic heterocycles. The van der Waals surface area contributed by atoms with Crippen LogP contribution in [-0.4, -0.2) is 37.8 Å². The third-order valence-corrected chi connectivity index (χ3v) is 5.32. The molecule has 0 heterocycles. The Morgan fingerprint density at radius 3 is 2.50 bits per heavy atom. The smallest absolute Gasteiger partial charge is 0.312 e. The van der Waals surface area contributed by atoms with E-state index in [0.717, 1.165) is 4.31 Å². The Balaban J connectivity index is 3.50. The van der Waals surface area contributed by atoms with E-state index >= 15 is 0 Å². The van der Waals surface area contributed by atoms with Gasteiger partial charge in [-0.2, -0.15) is 4.31 Å². The molecule has 0 radical (unpaired) electrons. The van der Waals surface area contributed by atoms with Gasteiger partial charge in [0, 0.05) is 20.1 Å². The standard InChI is InChI=1S/C12H19N3O4S/c1-5-9(2)14(4)20(18,19)11-8-6-7-10(13-3)12(11)15(16)17/h6-9,13H,5H2,1-4H3. The van der Waals surface area contributed by atoms with Crippen LogP contribution >= 0.6 is 0 Å². The van der Waals surface area contributed by atoms with Crippen molar-refractivity contribution in [2.45, 2.75) is 31.2 Å². The summed E-state index contributed by atoms with van der Waals surface area (Å²) in [4.78, 5) is 10.2. The predicted molar refractivity (Wildman–Crippen MR) is 77.3 cm³/mol. The van der Waals surface area contributed by atoms with E-state index in [1.807, 2.05) is 6.92 Å². The quantitative estimate of drug-likeness (QED) is 0.641. The lowest BCUT2D eigenvalue weighted by Crippen LogP contribution is -2.35. The molecule has 1 atom stereocenters. The molecule has 1 rings (SSSR count). The topological polar surface area (TPSA) is 92.6 Å². The molecule has 0 aliphatic carbocycles. The second-order valence-electron chi connectivity index (χ2n) is 4.44. The zero-order valence-electron chi connectivity index (χ0n) is 12.0. The molecule has 112 valence electrons. The Bertz CT molecular complexity index is 601. The van der Waals surface area contributed by atoms with E-state index in [9.17, 15) is 18.5 Å². The number of hydrogen-bond donors (Lipinski definition) is 1. The highest BCUT2D eigenvalue weighted by Crippen LogP contribution is 2.33. The normalized spacial score (nSPS) is 13.2. The van der Waals surface area contributed by atoms with E-state index in [4.69, 9.17) is 0 Å². The number of nitrogens with one attached hydrogen (secondary N) is 1. The van der Waals surface area contributed by atoms with Crippen LogP contribution in [0.15, 0.2) is 23.1 Å². The van der Waals surface area contributed by atoms with Crippen LogP contribution in [-0.2, 0) is 10.0 Å². The number of benzene rings is 1. The Labute approximate surface area is 118 Å². The van der Waals surface area contributed by atoms with Crippen LogP contribution < -0.4 is 5.32 Å². The number of sulfonamides is 1. The molecule has 0 saturated heterocycles. The van der Waals surface area contributed by atoms with E-state index in [0.29, 0.717) is 6.42 Å². The Kier molecular flexibility index (Phi) is 5.07. The van der Waals surface area contributed by atoms with Gasteiger partial charge in [-0.25, -0.2) is 8.42 Å². The maximum Gasteiger partial charge on any atom is 0.312 e. The van der Waals surface area contributed by atoms with Crippen molar-refractivity contribution in [1.29, 1.82) is 0 Å². The Morgan fingerprint density at radius 1 is 1.45 bits per heavy atom. The van der Waals surface area contributed by atoms with Gasteiger partial charge in [0.25, 0.3) is 0 Å². The second-order valence-corrected chi connectivity index (χ2v) is 6.40. The summed E-state index contributed by atoms with van der Waals surface area (Å²) in [5, 5.41) is 13.8. The molecule has 7 nitrogen and oxygen atoms in total. The molecular formula is C12H19N3O4S. The first-order chi connectivity index (χ1) is 9.27. The van der Waals surface area contributed by atoms with Crippen LogP contribution in [0, 0.1) is 10.1 Å². The molecule has 0 fully saturated rings. The first-order valence-corrected chi connectivity index (χ1v) is 7.64. The summed E-state index contributed by atoms with van der Waals surface area (Å²) >= 11 is 0. The van der Waals surface area contributed by atoms with E-state index in [1.165, 1.54) is 32.3 Å². The van der Waals surface area contributed by atoms with Crippen molar-refractivity contribution in [3.8, 4) is 0 Å². The number of rotatable bonds is 6. The molecule has 0 spiro atoms. The number of nitro groups is 1. The van der Waals surface area contributed by atoms with Gasteiger partial charge in [0.1, 0.15) is 5.69 Å². The number of nitrogens with zero attached hydrogens (tertiary/aromatic N) is 2. The zero-order valence-corrected chi connectivity index (χ0v) is 12.8. The van der Waals surface area contributed by atoms with E-state index < -0.39 is 20.6 Å². The molecule has 20 heavy (non-hydrogen) atoms. The largest absolute Gasteiger partial charge is 0.383 e. The number of anilines is 1. The predicted octanol–water partition coefficient (Wildman–Crippen LogP) is 2.06. The first-order valence-electron chi connectivity index (χ1n) is 6.20. The van der Waals surface area contributed by atoms with Gasteiger partial charge in [-0.05, 0) is 25.5 Å². The van der Waals surface area contributed by atoms with E-state index in [1.54, 1.807) is 6.92 Å². The van der Waals surface area contributed by atoms with Gasteiger partial charge < -0.3 is 5.32 Å². The third-order valence-electron chi connectivity index (χ3n) is 3.32. The SMILES string of the molecule is CCC(C)N(C)S(=O)(=O)c1cccc(NC)c1[N+](=O)[O-]. The molecule has 1 aromatic rings. The van der Waals surface area contributed by atoms with Gasteiger partial charge in [-0.1, -0.05) is 13.0 Å². The molecule has 1 aromatic carbocycles. The minimum Gasteiger partial charge on any atom is -0.383 e. The summed E-state index contributed by atoms with van der Waals surface area (Å²) in [5.74, 6) is 0. The van der Waals surface area contributed by atoms with Crippen molar-refractivity contribution in [3.05, 3.63) is 28.3 Å². The molecule has 0 aliphatic heterocycles. The lowest BCUT2D eigenvalue weighted by molar-refractivity contribution is -0.386. The minimum atomic E-state index is -3.91. The van der Waals surface area contributed by atoms with Crippen molar-refractivity contribution in [2.75, 3.05) is 19.4 Å². The van der Waals surface area contributed by atoms with Crippen molar-refractivity contribution in [1.82, 2.24) is 4.31 Å².